The number of unbranched alkanes of at least 4 members (excludes halogenated alkanes) is 1. The van der Waals surface area contributed by atoms with Crippen LogP contribution in [0.4, 0.5) is 0 Å². The van der Waals surface area contributed by atoms with Crippen LogP contribution in [0.2, 0.25) is 0 Å². The van der Waals surface area contributed by atoms with Gasteiger partial charge in [0.1, 0.15) is 0 Å². The second-order valence-corrected chi connectivity index (χ2v) is 11.3. The van der Waals surface area contributed by atoms with E-state index in [9.17, 15) is 9.59 Å². The Hall–Kier alpha value is -4.66. The van der Waals surface area contributed by atoms with Crippen molar-refractivity contribution in [3.05, 3.63) is 100.0 Å². The van der Waals surface area contributed by atoms with Gasteiger partial charge in [0.2, 0.25) is 0 Å². The fourth-order valence-electron chi connectivity index (χ4n) is 5.18. The van der Waals surface area contributed by atoms with Crippen molar-refractivity contribution in [2.24, 2.45) is 0 Å². The van der Waals surface area contributed by atoms with E-state index >= 15 is 0 Å². The van der Waals surface area contributed by atoms with E-state index in [0.717, 1.165) is 52.8 Å². The highest BCUT2D eigenvalue weighted by molar-refractivity contribution is 5.98. The van der Waals surface area contributed by atoms with Crippen LogP contribution in [-0.4, -0.2) is 40.5 Å². The zero-order valence-electron chi connectivity index (χ0n) is 24.2. The van der Waals surface area contributed by atoms with Crippen LogP contribution in [0.3, 0.4) is 0 Å². The van der Waals surface area contributed by atoms with Gasteiger partial charge in [0.15, 0.2) is 11.6 Å². The lowest BCUT2D eigenvalue weighted by molar-refractivity contribution is 0.101. The Morgan fingerprint density at radius 2 is 1.80 bits per heavy atom. The third-order valence-corrected chi connectivity index (χ3v) is 7.34. The number of pyridine rings is 1. The molecule has 3 aromatic heterocycles. The Balaban J connectivity index is 1.56. The summed E-state index contributed by atoms with van der Waals surface area (Å²) in [5.74, 6) is 0.507. The number of benzene rings is 2. The summed E-state index contributed by atoms with van der Waals surface area (Å²) < 4.78 is 3.52. The molecule has 9 nitrogen and oxygen atoms in total. The van der Waals surface area contributed by atoms with Crippen molar-refractivity contribution in [3.63, 3.8) is 0 Å². The molecule has 0 saturated carbocycles. The van der Waals surface area contributed by atoms with Gasteiger partial charge in [-0.15, -0.1) is 5.10 Å². The molecule has 0 bridgehead atoms. The smallest absolute Gasteiger partial charge is 0.294 e. The van der Waals surface area contributed by atoms with Crippen LogP contribution in [0, 0.1) is 0 Å². The maximum Gasteiger partial charge on any atom is 0.333 e. The molecule has 0 radical (unpaired) electrons. The van der Waals surface area contributed by atoms with Gasteiger partial charge in [-0.2, -0.15) is 0 Å². The highest BCUT2D eigenvalue weighted by Gasteiger charge is 2.25. The summed E-state index contributed by atoms with van der Waals surface area (Å²) in [6.07, 6.45) is 8.17. The minimum atomic E-state index is -0.255. The molecule has 5 rings (SSSR count). The SMILES string of the molecule is CCCCc1cn(-c2c(C(C)=O)cccc2C(C)(C)C)c(=O)n1Cc1ccc(-c2cnccc2-c2nnn[nH]2)cc1. The quantitative estimate of drug-likeness (QED) is 0.234. The van der Waals surface area contributed by atoms with Gasteiger partial charge in [0, 0.05) is 41.0 Å². The third-order valence-electron chi connectivity index (χ3n) is 7.34. The van der Waals surface area contributed by atoms with Crippen molar-refractivity contribution >= 4 is 5.78 Å². The molecule has 0 fully saturated rings. The van der Waals surface area contributed by atoms with E-state index in [-0.39, 0.29) is 16.9 Å². The Labute approximate surface area is 239 Å². The minimum absolute atomic E-state index is 0.0627. The lowest BCUT2D eigenvalue weighted by Gasteiger charge is -2.24. The zero-order valence-corrected chi connectivity index (χ0v) is 24.2. The number of hydrogen-bond donors (Lipinski definition) is 1. The fraction of sp³-hybridized carbons (Fsp3) is 0.312. The predicted octanol–water partition coefficient (Wildman–Crippen LogP) is 5.77. The van der Waals surface area contributed by atoms with E-state index in [0.29, 0.717) is 23.6 Å². The monoisotopic (exact) mass is 549 g/mol. The van der Waals surface area contributed by atoms with Gasteiger partial charge < -0.3 is 0 Å². The summed E-state index contributed by atoms with van der Waals surface area (Å²) in [6, 6.07) is 15.7. The Morgan fingerprint density at radius 1 is 1.02 bits per heavy atom. The van der Waals surface area contributed by atoms with Crippen molar-refractivity contribution in [2.75, 3.05) is 0 Å². The number of carbonyl (C=O) groups is 1. The molecule has 0 aliphatic rings. The molecule has 5 aromatic rings. The normalized spacial score (nSPS) is 11.6. The van der Waals surface area contributed by atoms with Gasteiger partial charge in [0.25, 0.3) is 0 Å². The molecule has 0 saturated heterocycles. The maximum absolute atomic E-state index is 14.1. The van der Waals surface area contributed by atoms with E-state index in [2.05, 4.69) is 53.3 Å². The fourth-order valence-corrected chi connectivity index (χ4v) is 5.18. The molecule has 3 heterocycles. The van der Waals surface area contributed by atoms with Crippen LogP contribution in [0.25, 0.3) is 28.2 Å². The molecule has 0 atom stereocenters. The van der Waals surface area contributed by atoms with Crippen LogP contribution in [-0.2, 0) is 18.4 Å². The van der Waals surface area contributed by atoms with E-state index in [1.165, 1.54) is 0 Å². The number of H-pyrrole nitrogens is 1. The molecule has 0 aliphatic carbocycles. The number of ketones is 1. The van der Waals surface area contributed by atoms with Gasteiger partial charge in [-0.3, -0.25) is 18.9 Å². The average molecular weight is 550 g/mol. The first-order chi connectivity index (χ1) is 19.7. The van der Waals surface area contributed by atoms with E-state index in [1.807, 2.05) is 59.3 Å². The highest BCUT2D eigenvalue weighted by atomic mass is 16.2. The van der Waals surface area contributed by atoms with Crippen molar-refractivity contribution in [2.45, 2.75) is 65.8 Å². The maximum atomic E-state index is 14.1. The van der Waals surface area contributed by atoms with Gasteiger partial charge in [-0.25, -0.2) is 9.89 Å². The number of aryl methyl sites for hydroxylation is 1. The van der Waals surface area contributed by atoms with Crippen molar-refractivity contribution in [1.82, 2.24) is 34.7 Å². The largest absolute Gasteiger partial charge is 0.333 e. The van der Waals surface area contributed by atoms with Gasteiger partial charge in [0.05, 0.1) is 12.2 Å². The first-order valence-electron chi connectivity index (χ1n) is 13.9. The third kappa shape index (κ3) is 5.66. The number of carbonyl (C=O) groups excluding carboxylic acids is 1. The number of imidazole rings is 1. The van der Waals surface area contributed by atoms with Gasteiger partial charge >= 0.3 is 5.69 Å². The second-order valence-electron chi connectivity index (χ2n) is 11.3. The average Bonchev–Trinajstić information content (AvgIpc) is 3.60. The Morgan fingerprint density at radius 3 is 2.46 bits per heavy atom. The zero-order chi connectivity index (χ0) is 29.1. The summed E-state index contributed by atoms with van der Waals surface area (Å²) in [4.78, 5) is 31.0. The number of hydrogen-bond acceptors (Lipinski definition) is 6. The van der Waals surface area contributed by atoms with E-state index in [4.69, 9.17) is 0 Å². The highest BCUT2D eigenvalue weighted by Crippen LogP contribution is 2.32. The number of nitrogens with zero attached hydrogens (tertiary/aromatic N) is 6. The topological polar surface area (TPSA) is 111 Å². The van der Waals surface area contributed by atoms with Crippen LogP contribution in [0.15, 0.2) is 71.9 Å². The molecule has 0 unspecified atom stereocenters. The summed E-state index contributed by atoms with van der Waals surface area (Å²) in [7, 11) is 0. The number of aromatic nitrogens is 7. The first-order valence-corrected chi connectivity index (χ1v) is 13.9. The number of aromatic amines is 1. The van der Waals surface area contributed by atoms with Crippen LogP contribution >= 0.6 is 0 Å². The number of para-hydroxylation sites is 1. The molecule has 0 spiro atoms. The summed E-state index contributed by atoms with van der Waals surface area (Å²) in [6.45, 7) is 10.4. The molecular weight excluding hydrogens is 514 g/mol. The number of nitrogens with one attached hydrogen (secondary N) is 1. The molecule has 2 aromatic carbocycles. The van der Waals surface area contributed by atoms with Crippen molar-refractivity contribution in [1.29, 1.82) is 0 Å². The van der Waals surface area contributed by atoms with Crippen LogP contribution in [0.5, 0.6) is 0 Å². The van der Waals surface area contributed by atoms with Gasteiger partial charge in [-0.1, -0.05) is 70.5 Å². The summed E-state index contributed by atoms with van der Waals surface area (Å²) in [5, 5.41) is 14.3. The number of tetrazole rings is 1. The van der Waals surface area contributed by atoms with E-state index in [1.54, 1.807) is 23.9 Å². The Kier molecular flexibility index (Phi) is 7.79. The lowest BCUT2D eigenvalue weighted by atomic mass is 9.84. The predicted molar refractivity (Wildman–Crippen MR) is 159 cm³/mol. The molecule has 41 heavy (non-hydrogen) atoms. The van der Waals surface area contributed by atoms with Crippen molar-refractivity contribution < 1.29 is 4.79 Å². The molecule has 210 valence electrons. The van der Waals surface area contributed by atoms with Crippen LogP contribution in [0.1, 0.15) is 74.6 Å². The van der Waals surface area contributed by atoms with Crippen LogP contribution < -0.4 is 5.69 Å². The molecule has 0 amide bonds. The summed E-state index contributed by atoms with van der Waals surface area (Å²) >= 11 is 0. The summed E-state index contributed by atoms with van der Waals surface area (Å²) in [5.41, 5.74) is 6.46. The number of rotatable bonds is 9. The van der Waals surface area contributed by atoms with E-state index < -0.39 is 0 Å². The van der Waals surface area contributed by atoms with Gasteiger partial charge in [-0.05, 0) is 64.4 Å². The number of Topliss-reactive ketones (excluding diaryl/α,β-unsaturated/α-hetero) is 1. The minimum Gasteiger partial charge on any atom is -0.294 e. The Bertz CT molecular complexity index is 1720. The molecular formula is C32H35N7O2. The molecule has 9 heteroatoms. The standard InChI is InChI=1S/C32H35N7O2/c1-6-7-9-24-20-39(29-25(21(2)40)10-8-11-28(29)32(3,4)5)31(41)38(24)19-22-12-14-23(15-13-22)27-18-33-17-16-26(27)30-34-36-37-35-30/h8,10-18,20H,6-7,9,19H2,1-5H3,(H,34,35,36,37). The lowest BCUT2D eigenvalue weighted by Crippen LogP contribution is -2.28. The second kappa shape index (κ2) is 11.4. The van der Waals surface area contributed by atoms with Crippen molar-refractivity contribution in [3.8, 4) is 28.2 Å². The first kappa shape index (κ1) is 27.9. The molecule has 1 N–H and O–H groups in total. The molecule has 0 aliphatic heterocycles.